The van der Waals surface area contributed by atoms with Crippen molar-refractivity contribution in [1.29, 1.82) is 0 Å². The molecule has 0 saturated carbocycles. The highest BCUT2D eigenvalue weighted by molar-refractivity contribution is 8.00. The number of carbonyl (C=O) groups is 2. The van der Waals surface area contributed by atoms with E-state index in [-0.39, 0.29) is 17.5 Å². The minimum Gasteiger partial charge on any atom is -0.338 e. The molecule has 7 rings (SSSR count). The van der Waals surface area contributed by atoms with E-state index >= 15 is 0 Å². The molecule has 4 heterocycles. The number of nitrogens with one attached hydrogen (secondary N) is 1. The van der Waals surface area contributed by atoms with Crippen LogP contribution in [-0.4, -0.2) is 85.4 Å². The Morgan fingerprint density at radius 2 is 1.70 bits per heavy atom. The molecule has 10 heteroatoms. The second kappa shape index (κ2) is 13.2. The van der Waals surface area contributed by atoms with Gasteiger partial charge in [0.15, 0.2) is 11.6 Å². The van der Waals surface area contributed by atoms with E-state index in [1.54, 1.807) is 42.4 Å². The fraction of sp³-hybridized carbons (Fsp3) is 0.270. The number of ketones is 1. The summed E-state index contributed by atoms with van der Waals surface area (Å²) < 4.78 is 12.9. The van der Waals surface area contributed by atoms with Crippen molar-refractivity contribution in [1.82, 2.24) is 30.0 Å². The maximum Gasteiger partial charge on any atom is 0.237 e. The van der Waals surface area contributed by atoms with Crippen molar-refractivity contribution in [2.75, 3.05) is 39.0 Å². The van der Waals surface area contributed by atoms with Crippen LogP contribution in [0.4, 0.5) is 4.39 Å². The highest BCUT2D eigenvalue weighted by atomic mass is 32.2. The van der Waals surface area contributed by atoms with Crippen LogP contribution in [0.5, 0.6) is 0 Å². The normalized spacial score (nSPS) is 18.4. The van der Waals surface area contributed by atoms with E-state index in [2.05, 4.69) is 43.3 Å². The summed E-state index contributed by atoms with van der Waals surface area (Å²) in [6, 6.07) is 22.2. The number of thioether (sulfide) groups is 1. The van der Waals surface area contributed by atoms with Gasteiger partial charge in [0.05, 0.1) is 22.5 Å². The van der Waals surface area contributed by atoms with E-state index in [9.17, 15) is 14.0 Å². The molecule has 2 aromatic heterocycles. The maximum atomic E-state index is 13.8. The first-order valence-corrected chi connectivity index (χ1v) is 17.0. The van der Waals surface area contributed by atoms with Crippen LogP contribution >= 0.6 is 11.8 Å². The van der Waals surface area contributed by atoms with Crippen LogP contribution in [0.2, 0.25) is 0 Å². The first kappa shape index (κ1) is 31.0. The van der Waals surface area contributed by atoms with Crippen LogP contribution in [0.25, 0.3) is 39.1 Å². The van der Waals surface area contributed by atoms with Gasteiger partial charge in [-0.25, -0.2) is 14.4 Å². The third-order valence-electron chi connectivity index (χ3n) is 9.32. The number of hydrogen-bond acceptors (Lipinski definition) is 7. The molecule has 0 spiro atoms. The Balaban J connectivity index is 0.960. The van der Waals surface area contributed by atoms with Crippen molar-refractivity contribution in [3.8, 4) is 22.6 Å². The van der Waals surface area contributed by atoms with Crippen molar-refractivity contribution >= 4 is 39.9 Å². The van der Waals surface area contributed by atoms with Gasteiger partial charge in [-0.05, 0) is 78.3 Å². The topological polar surface area (TPSA) is 95.1 Å². The van der Waals surface area contributed by atoms with Gasteiger partial charge < -0.3 is 4.90 Å². The molecule has 1 N–H and O–H groups in total. The van der Waals surface area contributed by atoms with Crippen LogP contribution in [0.1, 0.15) is 24.0 Å². The van der Waals surface area contributed by atoms with Crippen LogP contribution in [0.3, 0.4) is 0 Å². The molecular weight excluding hydrogens is 612 g/mol. The maximum absolute atomic E-state index is 13.8. The molecule has 3 aromatic carbocycles. The third kappa shape index (κ3) is 6.48. The molecule has 238 valence electrons. The zero-order valence-electron chi connectivity index (χ0n) is 26.2. The van der Waals surface area contributed by atoms with Crippen LogP contribution in [0.15, 0.2) is 91.3 Å². The summed E-state index contributed by atoms with van der Waals surface area (Å²) in [4.78, 5) is 39.8. The smallest absolute Gasteiger partial charge is 0.237 e. The van der Waals surface area contributed by atoms with E-state index in [4.69, 9.17) is 0 Å². The van der Waals surface area contributed by atoms with E-state index in [1.165, 1.54) is 17.7 Å². The summed E-state index contributed by atoms with van der Waals surface area (Å²) in [6.45, 7) is 2.83. The predicted molar refractivity (Wildman–Crippen MR) is 184 cm³/mol. The summed E-state index contributed by atoms with van der Waals surface area (Å²) in [5.74, 6) is 0.672. The van der Waals surface area contributed by atoms with Gasteiger partial charge in [0, 0.05) is 61.5 Å². The van der Waals surface area contributed by atoms with Crippen molar-refractivity contribution in [3.63, 3.8) is 0 Å². The van der Waals surface area contributed by atoms with Gasteiger partial charge in [-0.15, -0.1) is 11.8 Å². The second-order valence-corrected chi connectivity index (χ2v) is 13.4. The van der Waals surface area contributed by atoms with Gasteiger partial charge in [0.25, 0.3) is 0 Å². The summed E-state index contributed by atoms with van der Waals surface area (Å²) in [5.41, 5.74) is 6.68. The fourth-order valence-corrected chi connectivity index (χ4v) is 7.48. The Hall–Kier alpha value is -4.67. The Kier molecular flexibility index (Phi) is 8.70. The van der Waals surface area contributed by atoms with E-state index < -0.39 is 4.75 Å². The molecular formula is C37H35FN6O2S. The van der Waals surface area contributed by atoms with Crippen molar-refractivity contribution in [3.05, 3.63) is 108 Å². The number of benzene rings is 3. The summed E-state index contributed by atoms with van der Waals surface area (Å²) in [7, 11) is 0. The first-order chi connectivity index (χ1) is 22.9. The van der Waals surface area contributed by atoms with Gasteiger partial charge in [-0.1, -0.05) is 36.4 Å². The lowest BCUT2D eigenvalue weighted by atomic mass is 9.95. The molecule has 1 fully saturated rings. The Morgan fingerprint density at radius 3 is 2.43 bits per heavy atom. The fourth-order valence-electron chi connectivity index (χ4n) is 6.58. The zero-order valence-corrected chi connectivity index (χ0v) is 27.0. The number of fused-ring (bicyclic) bond motifs is 1. The third-order valence-corrected chi connectivity index (χ3v) is 10.7. The highest BCUT2D eigenvalue weighted by Crippen LogP contribution is 2.36. The number of H-pyrrole nitrogens is 1. The lowest BCUT2D eigenvalue weighted by Gasteiger charge is -2.29. The number of nitrogens with zero attached hydrogens (tertiary/aromatic N) is 5. The van der Waals surface area contributed by atoms with Crippen LogP contribution in [-0.2, 0) is 16.0 Å². The van der Waals surface area contributed by atoms with E-state index in [0.29, 0.717) is 51.4 Å². The van der Waals surface area contributed by atoms with E-state index in [1.807, 2.05) is 41.5 Å². The second-order valence-electron chi connectivity index (χ2n) is 12.2. The number of aromatic amines is 1. The quantitative estimate of drug-likeness (QED) is 0.208. The number of halogens is 1. The minimum absolute atomic E-state index is 0.0972. The highest BCUT2D eigenvalue weighted by Gasteiger charge is 2.44. The molecule has 1 saturated heterocycles. The number of likely N-dealkylation sites (tertiary alicyclic amines) is 1. The summed E-state index contributed by atoms with van der Waals surface area (Å²) in [6.07, 6.45) is 9.42. The molecule has 1 amide bonds. The number of carbonyl (C=O) groups excluding carboxylic acids is 2. The summed E-state index contributed by atoms with van der Waals surface area (Å²) >= 11 is 1.59. The number of rotatable bonds is 9. The first-order valence-electron chi connectivity index (χ1n) is 15.8. The van der Waals surface area contributed by atoms with E-state index in [0.717, 1.165) is 45.3 Å². The van der Waals surface area contributed by atoms with Crippen LogP contribution < -0.4 is 0 Å². The van der Waals surface area contributed by atoms with Crippen LogP contribution in [0, 0.1) is 5.82 Å². The molecule has 8 nitrogen and oxygen atoms in total. The van der Waals surface area contributed by atoms with Gasteiger partial charge >= 0.3 is 0 Å². The predicted octanol–water partition coefficient (Wildman–Crippen LogP) is 6.06. The number of hydrogen-bond donors (Lipinski definition) is 1. The SMILES string of the molecule is CS[C@@]1(C(=O)Cc2ccc3[nH]nc(-c4ccc(F)cc4)c3c2)CCN(CC(=O)N2CC=C(c3ccc(-c4ncccn4)cc3)CC2)C1. The molecule has 1 atom stereocenters. The number of aromatic nitrogens is 4. The molecule has 47 heavy (non-hydrogen) atoms. The average Bonchev–Trinajstić information content (AvgIpc) is 3.74. The Morgan fingerprint density at radius 1 is 0.957 bits per heavy atom. The van der Waals surface area contributed by atoms with Crippen molar-refractivity contribution < 1.29 is 14.0 Å². The molecule has 0 unspecified atom stereocenters. The molecule has 0 aliphatic carbocycles. The monoisotopic (exact) mass is 646 g/mol. The van der Waals surface area contributed by atoms with Gasteiger partial charge in [-0.2, -0.15) is 5.10 Å². The average molecular weight is 647 g/mol. The van der Waals surface area contributed by atoms with Crippen molar-refractivity contribution in [2.24, 2.45) is 0 Å². The minimum atomic E-state index is -0.558. The molecule has 5 aromatic rings. The van der Waals surface area contributed by atoms with Gasteiger partial charge in [-0.3, -0.25) is 19.6 Å². The van der Waals surface area contributed by atoms with Gasteiger partial charge in [0.1, 0.15) is 5.82 Å². The molecule has 2 aliphatic heterocycles. The standard InChI is InChI=1S/C37H35FN6O2S/c1-47-37(33(45)22-25-3-12-32-31(21-25)35(42-41-32)28-8-10-30(38)11-9-28)15-20-43(24-37)23-34(46)44-18-13-27(14-19-44)26-4-6-29(7-5-26)36-39-16-2-17-40-36/h2-13,16-17,21H,14-15,18-20,22-24H2,1H3,(H,41,42)/t37-/m0/s1. The van der Waals surface area contributed by atoms with Crippen molar-refractivity contribution in [2.45, 2.75) is 24.0 Å². The molecule has 2 aliphatic rings. The molecule has 0 bridgehead atoms. The zero-order chi connectivity index (χ0) is 32.4. The molecule has 0 radical (unpaired) electrons. The lowest BCUT2D eigenvalue weighted by Crippen LogP contribution is -2.44. The van der Waals surface area contributed by atoms with Gasteiger partial charge in [0.2, 0.25) is 5.91 Å². The number of Topliss-reactive ketones (excluding diaryl/α,β-unsaturated/α-hetero) is 1. The lowest BCUT2D eigenvalue weighted by molar-refractivity contribution is -0.132. The Bertz CT molecular complexity index is 1940. The number of amides is 1. The largest absolute Gasteiger partial charge is 0.338 e. The Labute approximate surface area is 277 Å². The summed E-state index contributed by atoms with van der Waals surface area (Å²) in [5, 5.41) is 8.39.